The minimum atomic E-state index is -1.16. The first kappa shape index (κ1) is 30.0. The van der Waals surface area contributed by atoms with Gasteiger partial charge in [-0.1, -0.05) is 56.0 Å². The van der Waals surface area contributed by atoms with Gasteiger partial charge in [0.25, 0.3) is 0 Å². The molecular weight excluding hydrogens is 730 g/mol. The van der Waals surface area contributed by atoms with E-state index in [0.717, 1.165) is 12.2 Å². The summed E-state index contributed by atoms with van der Waals surface area (Å²) in [6, 6.07) is 15.1. The van der Waals surface area contributed by atoms with Crippen molar-refractivity contribution in [3.63, 3.8) is 0 Å². The molecule has 2 unspecified atom stereocenters. The number of benzene rings is 3. The maximum atomic E-state index is 12.2. The minimum Gasteiger partial charge on any atom is -0.507 e. The second kappa shape index (κ2) is 12.1. The van der Waals surface area contributed by atoms with Crippen LogP contribution in [0.15, 0.2) is 72.8 Å². The Hall–Kier alpha value is -3.52. The van der Waals surface area contributed by atoms with Crippen molar-refractivity contribution in [2.75, 3.05) is 0 Å². The number of carbonyl (C=O) groups is 6. The van der Waals surface area contributed by atoms with Crippen molar-refractivity contribution in [2.24, 2.45) is 11.8 Å². The molecule has 0 aliphatic heterocycles. The van der Waals surface area contributed by atoms with Gasteiger partial charge in [-0.3, -0.25) is 28.8 Å². The van der Waals surface area contributed by atoms with Gasteiger partial charge < -0.3 is 10.2 Å². The first-order valence-electron chi connectivity index (χ1n) is 11.0. The Morgan fingerprint density at radius 3 is 1.15 bits per heavy atom. The second-order valence-electron chi connectivity index (χ2n) is 8.43. The maximum absolute atomic E-state index is 12.2. The molecule has 0 spiro atoms. The molecule has 0 heterocycles. The molecule has 2 N–H and O–H groups in total. The summed E-state index contributed by atoms with van der Waals surface area (Å²) in [6.07, 6.45) is 2.17. The molecule has 0 amide bonds. The van der Waals surface area contributed by atoms with E-state index in [0.29, 0.717) is 0 Å². The summed E-state index contributed by atoms with van der Waals surface area (Å²) in [5.41, 5.74) is 0.713. The smallest absolute Gasteiger partial charge is 0.198 e. The van der Waals surface area contributed by atoms with Gasteiger partial charge in [-0.05, 0) is 24.3 Å². The van der Waals surface area contributed by atoms with Gasteiger partial charge in [-0.2, -0.15) is 0 Å². The van der Waals surface area contributed by atoms with Crippen molar-refractivity contribution >= 4 is 71.9 Å². The molecule has 39 heavy (non-hydrogen) atoms. The molecule has 3 aliphatic rings. The average molecular weight is 750 g/mol. The predicted octanol–water partition coefficient (Wildman–Crippen LogP) is 5.29. The Balaban J connectivity index is 0.000000198. The fourth-order valence-corrected chi connectivity index (χ4v) is 4.70. The molecule has 0 saturated heterocycles. The topological polar surface area (TPSA) is 143 Å². The van der Waals surface area contributed by atoms with E-state index in [-0.39, 0.29) is 52.3 Å². The van der Waals surface area contributed by atoms with Gasteiger partial charge in [0, 0.05) is 59.5 Å². The Bertz CT molecular complexity index is 1470. The first-order chi connectivity index (χ1) is 18.2. The molecule has 0 aromatic heterocycles. The van der Waals surface area contributed by atoms with E-state index in [1.807, 2.05) is 0 Å². The van der Waals surface area contributed by atoms with Crippen molar-refractivity contribution in [2.45, 2.75) is 7.43 Å². The van der Waals surface area contributed by atoms with Crippen LogP contribution in [-0.4, -0.2) is 44.9 Å². The standard InChI is InChI=1S/2C14H8O4.CH4.I2/c2*15-9-5-6-10(16)12-11(9)13(17)7-3-1-2-4-8(7)14(12)18;;1-2/h1-6,15-16H;1-6,11-12H;1H4;. The average Bonchev–Trinajstić information content (AvgIpc) is 2.94. The summed E-state index contributed by atoms with van der Waals surface area (Å²) in [7, 11) is 0. The van der Waals surface area contributed by atoms with E-state index in [2.05, 4.69) is 37.2 Å². The lowest BCUT2D eigenvalue weighted by atomic mass is 9.68. The molecule has 8 nitrogen and oxygen atoms in total. The quantitative estimate of drug-likeness (QED) is 0.140. The van der Waals surface area contributed by atoms with Crippen molar-refractivity contribution in [3.8, 4) is 11.5 Å². The van der Waals surface area contributed by atoms with Gasteiger partial charge in [-0.25, -0.2) is 0 Å². The lowest BCUT2D eigenvalue weighted by Crippen LogP contribution is -2.46. The summed E-state index contributed by atoms with van der Waals surface area (Å²) in [4.78, 5) is 72.2. The predicted molar refractivity (Wildman–Crippen MR) is 159 cm³/mol. The summed E-state index contributed by atoms with van der Waals surface area (Å²) >= 11 is 4.24. The first-order valence-corrected chi connectivity index (χ1v) is 17.3. The van der Waals surface area contributed by atoms with Crippen molar-refractivity contribution < 1.29 is 39.0 Å². The third-order valence-corrected chi connectivity index (χ3v) is 6.41. The van der Waals surface area contributed by atoms with Gasteiger partial charge in [0.2, 0.25) is 0 Å². The number of Topliss-reactive ketones (excluding diaryl/α,β-unsaturated/α-hetero) is 2. The number of ketones is 6. The molecule has 3 aromatic rings. The largest absolute Gasteiger partial charge is 0.507 e. The van der Waals surface area contributed by atoms with Crippen molar-refractivity contribution in [1.29, 1.82) is 0 Å². The van der Waals surface area contributed by atoms with Crippen LogP contribution in [-0.2, 0) is 9.59 Å². The zero-order valence-electron chi connectivity index (χ0n) is 19.2. The highest BCUT2D eigenvalue weighted by Crippen LogP contribution is 2.37. The minimum absolute atomic E-state index is 0. The van der Waals surface area contributed by atoms with E-state index in [9.17, 15) is 39.0 Å². The SMILES string of the molecule is C.II.O=C1C=CC(=O)C2C(=O)c3ccccc3C(=O)C12.O=C1c2ccccc2C(=O)c2c(O)ccc(O)c21. The fraction of sp³-hybridized carbons (Fsp3) is 0.103. The number of halogens is 2. The van der Waals surface area contributed by atoms with E-state index in [1.165, 1.54) is 36.4 Å². The summed E-state index contributed by atoms with van der Waals surface area (Å²) in [5.74, 6) is -5.61. The van der Waals surface area contributed by atoms with Crippen LogP contribution in [0.4, 0.5) is 0 Å². The second-order valence-corrected chi connectivity index (χ2v) is 8.43. The van der Waals surface area contributed by atoms with Crippen LogP contribution in [0, 0.1) is 11.8 Å². The third kappa shape index (κ3) is 5.10. The number of fused-ring (bicyclic) bond motifs is 4. The molecule has 10 heteroatoms. The Labute approximate surface area is 246 Å². The third-order valence-electron chi connectivity index (χ3n) is 6.41. The molecule has 0 saturated carbocycles. The van der Waals surface area contributed by atoms with E-state index in [4.69, 9.17) is 0 Å². The summed E-state index contributed by atoms with van der Waals surface area (Å²) < 4.78 is 0. The van der Waals surface area contributed by atoms with Crippen LogP contribution >= 0.6 is 37.2 Å². The number of allylic oxidation sites excluding steroid dienone is 2. The van der Waals surface area contributed by atoms with Gasteiger partial charge in [0.1, 0.15) is 23.3 Å². The van der Waals surface area contributed by atoms with Crippen LogP contribution in [0.1, 0.15) is 60.0 Å². The number of carbonyl (C=O) groups excluding carboxylic acids is 6. The van der Waals surface area contributed by atoms with Crippen molar-refractivity contribution in [3.05, 3.63) is 106 Å². The van der Waals surface area contributed by atoms with Crippen LogP contribution in [0.2, 0.25) is 0 Å². The number of phenolic OH excluding ortho intramolecular Hbond substituents is 2. The van der Waals surface area contributed by atoms with Crippen LogP contribution in [0.25, 0.3) is 0 Å². The molecular formula is C29H20I2O8. The maximum Gasteiger partial charge on any atom is 0.198 e. The highest BCUT2D eigenvalue weighted by Gasteiger charge is 2.49. The molecule has 0 fully saturated rings. The Morgan fingerprint density at radius 1 is 0.513 bits per heavy atom. The Kier molecular flexibility index (Phi) is 9.33. The lowest BCUT2D eigenvalue weighted by Gasteiger charge is -2.29. The number of phenols is 2. The number of hydrogen-bond acceptors (Lipinski definition) is 8. The number of aromatic hydroxyl groups is 2. The molecule has 3 aliphatic carbocycles. The normalized spacial score (nSPS) is 18.2. The van der Waals surface area contributed by atoms with Gasteiger partial charge in [-0.15, -0.1) is 0 Å². The molecule has 0 bridgehead atoms. The molecule has 2 atom stereocenters. The Morgan fingerprint density at radius 2 is 0.821 bits per heavy atom. The zero-order valence-corrected chi connectivity index (χ0v) is 23.5. The zero-order chi connectivity index (χ0) is 27.7. The highest BCUT2D eigenvalue weighted by molar-refractivity contribution is 15.0. The molecule has 3 aromatic carbocycles. The monoisotopic (exact) mass is 750 g/mol. The van der Waals surface area contributed by atoms with Gasteiger partial charge >= 0.3 is 0 Å². The summed E-state index contributed by atoms with van der Waals surface area (Å²) in [6.45, 7) is 0. The van der Waals surface area contributed by atoms with Crippen LogP contribution < -0.4 is 0 Å². The van der Waals surface area contributed by atoms with E-state index in [1.54, 1.807) is 24.3 Å². The molecule has 198 valence electrons. The van der Waals surface area contributed by atoms with Gasteiger partial charge in [0.05, 0.1) is 11.1 Å². The fourth-order valence-electron chi connectivity index (χ4n) is 4.70. The van der Waals surface area contributed by atoms with Crippen molar-refractivity contribution in [1.82, 2.24) is 0 Å². The van der Waals surface area contributed by atoms with E-state index >= 15 is 0 Å². The number of rotatable bonds is 0. The summed E-state index contributed by atoms with van der Waals surface area (Å²) in [5, 5.41) is 19.4. The van der Waals surface area contributed by atoms with Crippen LogP contribution in [0.5, 0.6) is 11.5 Å². The molecule has 0 radical (unpaired) electrons. The van der Waals surface area contributed by atoms with Crippen LogP contribution in [0.3, 0.4) is 0 Å². The van der Waals surface area contributed by atoms with Gasteiger partial charge in [0.15, 0.2) is 34.7 Å². The molecule has 6 rings (SSSR count). The number of hydrogen-bond donors (Lipinski definition) is 2. The van der Waals surface area contributed by atoms with E-state index < -0.39 is 46.5 Å². The highest BCUT2D eigenvalue weighted by atomic mass is 128. The lowest BCUT2D eigenvalue weighted by molar-refractivity contribution is -0.126.